The zero-order valence-corrected chi connectivity index (χ0v) is 20.4. The largest absolute Gasteiger partial charge is 0.338 e. The lowest BCUT2D eigenvalue weighted by Gasteiger charge is -2.43. The van der Waals surface area contributed by atoms with Gasteiger partial charge in [0.1, 0.15) is 12.4 Å². The maximum atomic E-state index is 14.1. The van der Waals surface area contributed by atoms with Crippen LogP contribution in [-0.4, -0.2) is 45.4 Å². The molecule has 0 unspecified atom stereocenters. The Balaban J connectivity index is 1.33. The number of pyridine rings is 1. The first-order chi connectivity index (χ1) is 16.8. The molecule has 1 spiro atoms. The summed E-state index contributed by atoms with van der Waals surface area (Å²) in [4.78, 5) is 38.7. The second-order valence-corrected chi connectivity index (χ2v) is 9.78. The standard InChI is InChI=1S/C28H30FN3O3/c1-18-8-9-22-23(16-19(2)30-26(22)20(18)3)27(34)31-14-12-28(13-15-31)11-10-25(33)32(28)35-17-21-6-4-5-7-24(21)29/h4-9,16H,10-15,17H2,1-3H3. The summed E-state index contributed by atoms with van der Waals surface area (Å²) < 4.78 is 14.1. The number of benzene rings is 2. The number of carbonyl (C=O) groups excluding carboxylic acids is 2. The molecule has 2 aromatic carbocycles. The summed E-state index contributed by atoms with van der Waals surface area (Å²) in [6.45, 7) is 7.06. The summed E-state index contributed by atoms with van der Waals surface area (Å²) in [6.07, 6.45) is 2.34. The van der Waals surface area contributed by atoms with Crippen LogP contribution < -0.4 is 0 Å². The molecule has 2 aliphatic rings. The third-order valence-electron chi connectivity index (χ3n) is 7.61. The van der Waals surface area contributed by atoms with Crippen LogP contribution in [0.1, 0.15) is 58.4 Å². The number of aromatic nitrogens is 1. The highest BCUT2D eigenvalue weighted by Gasteiger charge is 2.49. The lowest BCUT2D eigenvalue weighted by atomic mass is 9.85. The average Bonchev–Trinajstić information content (AvgIpc) is 3.15. The van der Waals surface area contributed by atoms with Crippen molar-refractivity contribution in [1.82, 2.24) is 14.9 Å². The van der Waals surface area contributed by atoms with Crippen LogP contribution in [0.3, 0.4) is 0 Å². The molecule has 35 heavy (non-hydrogen) atoms. The zero-order chi connectivity index (χ0) is 24.7. The number of amides is 2. The van der Waals surface area contributed by atoms with E-state index >= 15 is 0 Å². The van der Waals surface area contributed by atoms with E-state index in [1.54, 1.807) is 18.2 Å². The van der Waals surface area contributed by atoms with Crippen LogP contribution in [0.2, 0.25) is 0 Å². The van der Waals surface area contributed by atoms with Crippen molar-refractivity contribution in [2.75, 3.05) is 13.1 Å². The summed E-state index contributed by atoms with van der Waals surface area (Å²) in [7, 11) is 0. The number of likely N-dealkylation sites (tertiary alicyclic amines) is 1. The van der Waals surface area contributed by atoms with Gasteiger partial charge >= 0.3 is 0 Å². The van der Waals surface area contributed by atoms with Crippen molar-refractivity contribution in [2.24, 2.45) is 0 Å². The quantitative estimate of drug-likeness (QED) is 0.531. The van der Waals surface area contributed by atoms with Crippen LogP contribution in [0, 0.1) is 26.6 Å². The Kier molecular flexibility index (Phi) is 6.05. The van der Waals surface area contributed by atoms with E-state index in [0.717, 1.165) is 27.7 Å². The fourth-order valence-electron chi connectivity index (χ4n) is 5.35. The lowest BCUT2D eigenvalue weighted by molar-refractivity contribution is -0.222. The molecule has 1 aromatic heterocycles. The highest BCUT2D eigenvalue weighted by molar-refractivity contribution is 6.07. The monoisotopic (exact) mass is 475 g/mol. The molecule has 0 radical (unpaired) electrons. The molecule has 2 aliphatic heterocycles. The molecule has 182 valence electrons. The van der Waals surface area contributed by atoms with Gasteiger partial charge in [-0.05, 0) is 63.3 Å². The molecule has 2 amide bonds. The third-order valence-corrected chi connectivity index (χ3v) is 7.61. The molecule has 3 aromatic rings. The summed E-state index contributed by atoms with van der Waals surface area (Å²) in [6, 6.07) is 12.3. The smallest absolute Gasteiger partial charge is 0.254 e. The molecule has 7 heteroatoms. The molecule has 0 bridgehead atoms. The Hall–Kier alpha value is -3.32. The van der Waals surface area contributed by atoms with Crippen LogP contribution >= 0.6 is 0 Å². The van der Waals surface area contributed by atoms with E-state index in [1.807, 2.05) is 43.9 Å². The Bertz CT molecular complexity index is 1310. The first kappa shape index (κ1) is 23.4. The minimum Gasteiger partial charge on any atom is -0.338 e. The fourth-order valence-corrected chi connectivity index (χ4v) is 5.35. The molecule has 0 atom stereocenters. The SMILES string of the molecule is Cc1cc(C(=O)N2CCC3(CCC(=O)N3OCc3ccccc3F)CC2)c2ccc(C)c(C)c2n1. The highest BCUT2D eigenvalue weighted by atomic mass is 19.1. The van der Waals surface area contributed by atoms with Gasteiger partial charge in [0.25, 0.3) is 5.91 Å². The van der Waals surface area contributed by atoms with Crippen molar-refractivity contribution in [1.29, 1.82) is 0 Å². The number of nitrogens with zero attached hydrogens (tertiary/aromatic N) is 3. The topological polar surface area (TPSA) is 62.7 Å². The van der Waals surface area contributed by atoms with Gasteiger partial charge in [-0.25, -0.2) is 9.45 Å². The van der Waals surface area contributed by atoms with Crippen LogP contribution in [-0.2, 0) is 16.2 Å². The molecule has 2 saturated heterocycles. The van der Waals surface area contributed by atoms with Gasteiger partial charge in [-0.1, -0.05) is 30.3 Å². The van der Waals surface area contributed by atoms with Gasteiger partial charge in [0, 0.05) is 36.2 Å². The van der Waals surface area contributed by atoms with Gasteiger partial charge in [-0.3, -0.25) is 19.4 Å². The van der Waals surface area contributed by atoms with E-state index in [-0.39, 0.29) is 24.2 Å². The van der Waals surface area contributed by atoms with E-state index < -0.39 is 5.54 Å². The van der Waals surface area contributed by atoms with Crippen molar-refractivity contribution in [3.8, 4) is 0 Å². The Morgan fingerprint density at radius 3 is 2.57 bits per heavy atom. The minimum absolute atomic E-state index is 0.00383. The first-order valence-electron chi connectivity index (χ1n) is 12.2. The number of fused-ring (bicyclic) bond motifs is 1. The van der Waals surface area contributed by atoms with Crippen LogP contribution in [0.4, 0.5) is 4.39 Å². The van der Waals surface area contributed by atoms with E-state index in [0.29, 0.717) is 49.9 Å². The van der Waals surface area contributed by atoms with E-state index in [9.17, 15) is 14.0 Å². The Labute approximate surface area is 204 Å². The molecule has 3 heterocycles. The summed E-state index contributed by atoms with van der Waals surface area (Å²) in [5, 5.41) is 2.34. The van der Waals surface area contributed by atoms with Crippen LogP contribution in [0.25, 0.3) is 10.9 Å². The van der Waals surface area contributed by atoms with Gasteiger partial charge in [0.05, 0.1) is 16.6 Å². The number of piperidine rings is 1. The molecular formula is C28H30FN3O3. The number of carbonyl (C=O) groups is 2. The molecule has 5 rings (SSSR count). The predicted molar refractivity (Wildman–Crippen MR) is 131 cm³/mol. The molecule has 0 aliphatic carbocycles. The van der Waals surface area contributed by atoms with Gasteiger partial charge in [0.2, 0.25) is 5.91 Å². The number of halogens is 1. The van der Waals surface area contributed by atoms with Crippen molar-refractivity contribution < 1.29 is 18.8 Å². The van der Waals surface area contributed by atoms with Crippen molar-refractivity contribution >= 4 is 22.7 Å². The summed E-state index contributed by atoms with van der Waals surface area (Å²) in [5.74, 6) is -0.441. The molecule has 2 fully saturated rings. The van der Waals surface area contributed by atoms with Crippen molar-refractivity contribution in [3.63, 3.8) is 0 Å². The molecular weight excluding hydrogens is 445 g/mol. The van der Waals surface area contributed by atoms with Gasteiger partial charge < -0.3 is 4.90 Å². The molecule has 0 N–H and O–H groups in total. The molecule has 6 nitrogen and oxygen atoms in total. The number of hydrogen-bond donors (Lipinski definition) is 0. The summed E-state index contributed by atoms with van der Waals surface area (Å²) in [5.41, 5.74) is 4.55. The molecule has 0 saturated carbocycles. The predicted octanol–water partition coefficient (Wildman–Crippen LogP) is 5.03. The summed E-state index contributed by atoms with van der Waals surface area (Å²) >= 11 is 0. The second-order valence-electron chi connectivity index (χ2n) is 9.78. The normalized spacial score (nSPS) is 17.5. The number of aryl methyl sites for hydroxylation is 3. The van der Waals surface area contributed by atoms with Gasteiger partial charge in [-0.2, -0.15) is 0 Å². The maximum Gasteiger partial charge on any atom is 0.254 e. The van der Waals surface area contributed by atoms with E-state index in [2.05, 4.69) is 0 Å². The van der Waals surface area contributed by atoms with Gasteiger partial charge in [-0.15, -0.1) is 0 Å². The number of hydrogen-bond acceptors (Lipinski definition) is 4. The van der Waals surface area contributed by atoms with E-state index in [1.165, 1.54) is 11.1 Å². The fraction of sp³-hybridized carbons (Fsp3) is 0.393. The highest BCUT2D eigenvalue weighted by Crippen LogP contribution is 2.40. The zero-order valence-electron chi connectivity index (χ0n) is 20.4. The lowest BCUT2D eigenvalue weighted by Crippen LogP contribution is -2.54. The van der Waals surface area contributed by atoms with E-state index in [4.69, 9.17) is 9.82 Å². The number of hydroxylamine groups is 2. The van der Waals surface area contributed by atoms with Crippen molar-refractivity contribution in [3.05, 3.63) is 76.2 Å². The Morgan fingerprint density at radius 2 is 1.83 bits per heavy atom. The maximum absolute atomic E-state index is 14.1. The Morgan fingerprint density at radius 1 is 1.09 bits per heavy atom. The third kappa shape index (κ3) is 4.18. The number of rotatable bonds is 4. The van der Waals surface area contributed by atoms with Crippen LogP contribution in [0.15, 0.2) is 42.5 Å². The average molecular weight is 476 g/mol. The van der Waals surface area contributed by atoms with Crippen LogP contribution in [0.5, 0.6) is 0 Å². The van der Waals surface area contributed by atoms with Crippen molar-refractivity contribution in [2.45, 2.75) is 58.6 Å². The second kappa shape index (κ2) is 9.04. The minimum atomic E-state index is -0.455. The van der Waals surface area contributed by atoms with Gasteiger partial charge in [0.15, 0.2) is 0 Å². The first-order valence-corrected chi connectivity index (χ1v) is 12.2.